The number of ether oxygens (including phenoxy) is 1. The fraction of sp³-hybridized carbons (Fsp3) is 0.462. The number of aliphatic imine (C=N–C) groups is 1. The van der Waals surface area contributed by atoms with E-state index < -0.39 is 0 Å². The van der Waals surface area contributed by atoms with Crippen LogP contribution in [-0.2, 0) is 17.8 Å². The van der Waals surface area contributed by atoms with E-state index in [0.717, 1.165) is 70.1 Å². The lowest BCUT2D eigenvalue weighted by Crippen LogP contribution is -2.38. The largest absolute Gasteiger partial charge is 0.378 e. The van der Waals surface area contributed by atoms with Gasteiger partial charge in [0.25, 0.3) is 0 Å². The quantitative estimate of drug-likeness (QED) is 0.340. The van der Waals surface area contributed by atoms with Gasteiger partial charge in [-0.3, -0.25) is 4.90 Å². The molecule has 2 aromatic rings. The Kier molecular flexibility index (Phi) is 10.0. The monoisotopic (exact) mass is 433 g/mol. The van der Waals surface area contributed by atoms with Crippen molar-refractivity contribution in [3.05, 3.63) is 71.3 Å². The van der Waals surface area contributed by atoms with E-state index in [1.165, 1.54) is 5.56 Å². The highest BCUT2D eigenvalue weighted by molar-refractivity contribution is 5.79. The minimum Gasteiger partial charge on any atom is -0.378 e. The molecule has 1 heterocycles. The first-order chi connectivity index (χ1) is 15.8. The third-order valence-electron chi connectivity index (χ3n) is 5.57. The maximum absolute atomic E-state index is 9.03. The molecule has 6 nitrogen and oxygen atoms in total. The van der Waals surface area contributed by atoms with Gasteiger partial charge >= 0.3 is 0 Å². The highest BCUT2D eigenvalue weighted by atomic mass is 16.5. The molecule has 0 aliphatic carbocycles. The lowest BCUT2D eigenvalue weighted by atomic mass is 10.1. The number of nitrogens with zero attached hydrogens (tertiary/aromatic N) is 3. The number of hydrogen-bond donors (Lipinski definition) is 2. The molecule has 1 fully saturated rings. The van der Waals surface area contributed by atoms with Crippen molar-refractivity contribution in [2.75, 3.05) is 32.8 Å². The fourth-order valence-corrected chi connectivity index (χ4v) is 3.86. The molecule has 1 aliphatic heterocycles. The molecule has 2 aromatic carbocycles. The SMILES string of the molecule is CCNC(=NCc1cccc(C#N)c1)NCCCOC1CCN(Cc2ccccc2)CC1. The maximum Gasteiger partial charge on any atom is 0.191 e. The summed E-state index contributed by atoms with van der Waals surface area (Å²) in [6.07, 6.45) is 3.52. The second-order valence-corrected chi connectivity index (χ2v) is 8.12. The molecule has 32 heavy (non-hydrogen) atoms. The fourth-order valence-electron chi connectivity index (χ4n) is 3.86. The van der Waals surface area contributed by atoms with Gasteiger partial charge in [-0.1, -0.05) is 42.5 Å². The molecule has 0 unspecified atom stereocenters. The second-order valence-electron chi connectivity index (χ2n) is 8.12. The smallest absolute Gasteiger partial charge is 0.191 e. The Morgan fingerprint density at radius 2 is 1.88 bits per heavy atom. The molecule has 0 saturated carbocycles. The Bertz CT molecular complexity index is 869. The second kappa shape index (κ2) is 13.5. The predicted molar refractivity (Wildman–Crippen MR) is 129 cm³/mol. The zero-order valence-electron chi connectivity index (χ0n) is 19.1. The normalized spacial score (nSPS) is 15.3. The van der Waals surface area contributed by atoms with Crippen molar-refractivity contribution in [2.45, 2.75) is 45.4 Å². The lowest BCUT2D eigenvalue weighted by Gasteiger charge is -2.32. The summed E-state index contributed by atoms with van der Waals surface area (Å²) in [5.74, 6) is 0.795. The molecule has 0 spiro atoms. The highest BCUT2D eigenvalue weighted by Gasteiger charge is 2.19. The minimum atomic E-state index is 0.372. The maximum atomic E-state index is 9.03. The highest BCUT2D eigenvalue weighted by Crippen LogP contribution is 2.16. The molecule has 3 rings (SSSR count). The van der Waals surface area contributed by atoms with Gasteiger partial charge in [0.1, 0.15) is 0 Å². The van der Waals surface area contributed by atoms with Crippen LogP contribution in [0, 0.1) is 11.3 Å². The van der Waals surface area contributed by atoms with Gasteiger partial charge in [0.2, 0.25) is 0 Å². The Labute approximate surface area is 192 Å². The molecule has 170 valence electrons. The van der Waals surface area contributed by atoms with Crippen molar-refractivity contribution in [3.8, 4) is 6.07 Å². The zero-order valence-corrected chi connectivity index (χ0v) is 19.1. The molecule has 0 atom stereocenters. The Balaban J connectivity index is 1.31. The molecule has 6 heteroatoms. The van der Waals surface area contributed by atoms with Crippen molar-refractivity contribution in [2.24, 2.45) is 4.99 Å². The van der Waals surface area contributed by atoms with E-state index in [2.05, 4.69) is 63.9 Å². The number of nitrogens with one attached hydrogen (secondary N) is 2. The summed E-state index contributed by atoms with van der Waals surface area (Å²) in [6, 6.07) is 20.4. The first-order valence-corrected chi connectivity index (χ1v) is 11.7. The van der Waals surface area contributed by atoms with Crippen molar-refractivity contribution >= 4 is 5.96 Å². The molecule has 0 radical (unpaired) electrons. The van der Waals surface area contributed by atoms with Gasteiger partial charge in [0.05, 0.1) is 24.3 Å². The Morgan fingerprint density at radius 1 is 1.09 bits per heavy atom. The number of piperidine rings is 1. The van der Waals surface area contributed by atoms with E-state index in [9.17, 15) is 0 Å². The van der Waals surface area contributed by atoms with Gasteiger partial charge in [0.15, 0.2) is 5.96 Å². The van der Waals surface area contributed by atoms with Gasteiger partial charge in [0, 0.05) is 39.3 Å². The van der Waals surface area contributed by atoms with Gasteiger partial charge in [-0.05, 0) is 49.4 Å². The predicted octanol–water partition coefficient (Wildman–Crippen LogP) is 3.68. The van der Waals surface area contributed by atoms with E-state index in [0.29, 0.717) is 18.2 Å². The van der Waals surface area contributed by atoms with Crippen LogP contribution in [0.1, 0.15) is 42.9 Å². The first-order valence-electron chi connectivity index (χ1n) is 11.7. The number of likely N-dealkylation sites (tertiary alicyclic amines) is 1. The van der Waals surface area contributed by atoms with Crippen LogP contribution in [-0.4, -0.2) is 49.7 Å². The van der Waals surface area contributed by atoms with Gasteiger partial charge in [-0.15, -0.1) is 0 Å². The van der Waals surface area contributed by atoms with Gasteiger partial charge in [-0.2, -0.15) is 5.26 Å². The summed E-state index contributed by atoms with van der Waals surface area (Å²) in [5, 5.41) is 15.7. The van der Waals surface area contributed by atoms with Crippen molar-refractivity contribution in [3.63, 3.8) is 0 Å². The topological polar surface area (TPSA) is 72.7 Å². The number of hydrogen-bond acceptors (Lipinski definition) is 4. The third kappa shape index (κ3) is 8.33. The van der Waals surface area contributed by atoms with Crippen LogP contribution in [0.4, 0.5) is 0 Å². The standard InChI is InChI=1S/C26H35N5O/c1-2-28-26(30-20-24-11-6-10-23(18-24)19-27)29-14-7-17-32-25-12-15-31(16-13-25)21-22-8-4-3-5-9-22/h3-6,8-11,18,25H,2,7,12-17,20-21H2,1H3,(H2,28,29,30). The van der Waals surface area contributed by atoms with Crippen LogP contribution in [0.3, 0.4) is 0 Å². The summed E-state index contributed by atoms with van der Waals surface area (Å²) < 4.78 is 6.12. The molecule has 2 N–H and O–H groups in total. The average Bonchev–Trinajstić information content (AvgIpc) is 2.84. The van der Waals surface area contributed by atoms with Crippen molar-refractivity contribution < 1.29 is 4.74 Å². The van der Waals surface area contributed by atoms with Crippen LogP contribution in [0.15, 0.2) is 59.6 Å². The van der Waals surface area contributed by atoms with E-state index >= 15 is 0 Å². The van der Waals surface area contributed by atoms with Crippen LogP contribution in [0.2, 0.25) is 0 Å². The zero-order chi connectivity index (χ0) is 22.4. The van der Waals surface area contributed by atoms with E-state index in [1.54, 1.807) is 0 Å². The number of guanidine groups is 1. The van der Waals surface area contributed by atoms with Crippen molar-refractivity contribution in [1.29, 1.82) is 5.26 Å². The van der Waals surface area contributed by atoms with E-state index in [4.69, 9.17) is 10.00 Å². The van der Waals surface area contributed by atoms with Crippen molar-refractivity contribution in [1.82, 2.24) is 15.5 Å². The van der Waals surface area contributed by atoms with Crippen LogP contribution in [0.5, 0.6) is 0 Å². The number of nitriles is 1. The summed E-state index contributed by atoms with van der Waals surface area (Å²) in [4.78, 5) is 7.14. The molecular weight excluding hydrogens is 398 g/mol. The summed E-state index contributed by atoms with van der Waals surface area (Å²) in [7, 11) is 0. The molecule has 0 aromatic heterocycles. The summed E-state index contributed by atoms with van der Waals surface area (Å²) in [6.45, 7) is 8.22. The molecule has 0 amide bonds. The van der Waals surface area contributed by atoms with Crippen LogP contribution in [0.25, 0.3) is 0 Å². The van der Waals surface area contributed by atoms with Crippen LogP contribution < -0.4 is 10.6 Å². The number of benzene rings is 2. The number of rotatable bonds is 10. The Morgan fingerprint density at radius 3 is 2.62 bits per heavy atom. The van der Waals surface area contributed by atoms with E-state index in [1.807, 2.05) is 24.3 Å². The minimum absolute atomic E-state index is 0.372. The van der Waals surface area contributed by atoms with Gasteiger partial charge in [-0.25, -0.2) is 4.99 Å². The molecular formula is C26H35N5O. The van der Waals surface area contributed by atoms with Gasteiger partial charge < -0.3 is 15.4 Å². The average molecular weight is 434 g/mol. The third-order valence-corrected chi connectivity index (χ3v) is 5.57. The van der Waals surface area contributed by atoms with Crippen LogP contribution >= 0.6 is 0 Å². The van der Waals surface area contributed by atoms with E-state index in [-0.39, 0.29) is 0 Å². The summed E-state index contributed by atoms with van der Waals surface area (Å²) in [5.41, 5.74) is 3.08. The first kappa shape index (κ1) is 23.8. The summed E-state index contributed by atoms with van der Waals surface area (Å²) >= 11 is 0. The molecule has 1 saturated heterocycles. The molecule has 0 bridgehead atoms. The Hall–Kier alpha value is -2.88. The lowest BCUT2D eigenvalue weighted by molar-refractivity contribution is 0.00534. The molecule has 1 aliphatic rings.